The summed E-state index contributed by atoms with van der Waals surface area (Å²) in [4.78, 5) is 4.39. The van der Waals surface area contributed by atoms with Crippen LogP contribution < -0.4 is 11.3 Å². The molecule has 1 aromatic rings. The van der Waals surface area contributed by atoms with Crippen LogP contribution in [0.2, 0.25) is 0 Å². The predicted molar refractivity (Wildman–Crippen MR) is 72.6 cm³/mol. The molecule has 2 aliphatic carbocycles. The third-order valence-corrected chi connectivity index (χ3v) is 4.89. The molecule has 3 N–H and O–H groups in total. The van der Waals surface area contributed by atoms with Crippen molar-refractivity contribution in [2.24, 2.45) is 23.6 Å². The minimum atomic E-state index is 0.379. The summed E-state index contributed by atoms with van der Waals surface area (Å²) >= 11 is 0. The molecule has 0 aliphatic heterocycles. The molecule has 1 aromatic heterocycles. The van der Waals surface area contributed by atoms with Crippen LogP contribution in [0.15, 0.2) is 24.4 Å². The molecule has 2 fully saturated rings. The minimum absolute atomic E-state index is 0.379. The molecule has 4 atom stereocenters. The molecule has 0 amide bonds. The summed E-state index contributed by atoms with van der Waals surface area (Å²) in [5.74, 6) is 8.62. The van der Waals surface area contributed by atoms with E-state index in [2.05, 4.69) is 16.5 Å². The van der Waals surface area contributed by atoms with E-state index in [1.807, 2.05) is 18.3 Å². The van der Waals surface area contributed by atoms with Gasteiger partial charge in [0.05, 0.1) is 0 Å². The maximum Gasteiger partial charge on any atom is 0.0419 e. The van der Waals surface area contributed by atoms with Gasteiger partial charge in [0.25, 0.3) is 0 Å². The number of rotatable bonds is 5. The molecule has 0 aromatic carbocycles. The van der Waals surface area contributed by atoms with Crippen LogP contribution in [-0.2, 0) is 6.42 Å². The number of hydrogen-bond donors (Lipinski definition) is 2. The largest absolute Gasteiger partial charge is 0.271 e. The van der Waals surface area contributed by atoms with E-state index in [1.54, 1.807) is 0 Å². The molecule has 4 unspecified atom stereocenters. The maximum atomic E-state index is 5.72. The quantitative estimate of drug-likeness (QED) is 0.618. The third kappa shape index (κ3) is 2.57. The summed E-state index contributed by atoms with van der Waals surface area (Å²) in [5.41, 5.74) is 4.14. The van der Waals surface area contributed by atoms with E-state index in [-0.39, 0.29) is 0 Å². The van der Waals surface area contributed by atoms with Gasteiger partial charge in [-0.3, -0.25) is 16.3 Å². The van der Waals surface area contributed by atoms with Crippen molar-refractivity contribution >= 4 is 0 Å². The van der Waals surface area contributed by atoms with Gasteiger partial charge >= 0.3 is 0 Å². The average Bonchev–Trinajstić information content (AvgIpc) is 3.01. The lowest BCUT2D eigenvalue weighted by molar-refractivity contribution is 0.277. The Morgan fingerprint density at radius 1 is 1.33 bits per heavy atom. The number of nitrogens with zero attached hydrogens (tertiary/aromatic N) is 1. The van der Waals surface area contributed by atoms with Gasteiger partial charge in [0.1, 0.15) is 0 Å². The zero-order valence-electron chi connectivity index (χ0n) is 10.9. The van der Waals surface area contributed by atoms with Crippen molar-refractivity contribution in [1.82, 2.24) is 10.4 Å². The van der Waals surface area contributed by atoms with Crippen LogP contribution in [0.1, 0.15) is 37.8 Å². The van der Waals surface area contributed by atoms with Crippen molar-refractivity contribution in [3.63, 3.8) is 0 Å². The number of nitrogens with two attached hydrogens (primary N) is 1. The standard InChI is InChI=1S/C15H23N3/c16-18-15(10-14-3-1-2-6-17-14)9-13-8-11-4-5-12(13)7-11/h1-3,6,11-13,15,18H,4-5,7-10,16H2. The van der Waals surface area contributed by atoms with Crippen molar-refractivity contribution < 1.29 is 0 Å². The molecule has 3 heteroatoms. The van der Waals surface area contributed by atoms with Crippen LogP contribution in [0.25, 0.3) is 0 Å². The minimum Gasteiger partial charge on any atom is -0.271 e. The Morgan fingerprint density at radius 2 is 2.28 bits per heavy atom. The van der Waals surface area contributed by atoms with Gasteiger partial charge in [-0.2, -0.15) is 0 Å². The second-order valence-corrected chi connectivity index (χ2v) is 6.06. The van der Waals surface area contributed by atoms with Crippen molar-refractivity contribution in [2.75, 3.05) is 0 Å². The first-order valence-electron chi connectivity index (χ1n) is 7.21. The van der Waals surface area contributed by atoms with Gasteiger partial charge in [-0.15, -0.1) is 0 Å². The molecule has 18 heavy (non-hydrogen) atoms. The normalized spacial score (nSPS) is 31.7. The highest BCUT2D eigenvalue weighted by atomic mass is 15.2. The van der Waals surface area contributed by atoms with Gasteiger partial charge in [-0.25, -0.2) is 0 Å². The molecule has 2 saturated carbocycles. The second-order valence-electron chi connectivity index (χ2n) is 6.06. The highest BCUT2D eigenvalue weighted by Crippen LogP contribution is 2.49. The molecule has 0 radical (unpaired) electrons. The van der Waals surface area contributed by atoms with Crippen LogP contribution in [0.3, 0.4) is 0 Å². The summed E-state index contributed by atoms with van der Waals surface area (Å²) < 4.78 is 0. The number of hydrazine groups is 1. The SMILES string of the molecule is NNC(Cc1ccccn1)CC1CC2CCC1C2. The Morgan fingerprint density at radius 3 is 2.89 bits per heavy atom. The Kier molecular flexibility index (Phi) is 3.62. The van der Waals surface area contributed by atoms with Gasteiger partial charge < -0.3 is 0 Å². The first-order chi connectivity index (χ1) is 8.85. The van der Waals surface area contributed by atoms with Crippen molar-refractivity contribution in [3.05, 3.63) is 30.1 Å². The molecular formula is C15H23N3. The summed E-state index contributed by atoms with van der Waals surface area (Å²) in [6.45, 7) is 0. The van der Waals surface area contributed by atoms with Gasteiger partial charge in [0, 0.05) is 24.4 Å². The topological polar surface area (TPSA) is 50.9 Å². The van der Waals surface area contributed by atoms with Crippen LogP contribution >= 0.6 is 0 Å². The van der Waals surface area contributed by atoms with E-state index in [9.17, 15) is 0 Å². The Balaban J connectivity index is 1.56. The van der Waals surface area contributed by atoms with E-state index in [0.717, 1.165) is 29.9 Å². The number of aromatic nitrogens is 1. The fraction of sp³-hybridized carbons (Fsp3) is 0.667. The van der Waals surface area contributed by atoms with Gasteiger partial charge in [0.15, 0.2) is 0 Å². The van der Waals surface area contributed by atoms with Gasteiger partial charge in [0.2, 0.25) is 0 Å². The molecule has 1 heterocycles. The first kappa shape index (κ1) is 12.1. The van der Waals surface area contributed by atoms with E-state index in [4.69, 9.17) is 5.84 Å². The highest BCUT2D eigenvalue weighted by Gasteiger charge is 2.39. The summed E-state index contributed by atoms with van der Waals surface area (Å²) in [6, 6.07) is 6.48. The fourth-order valence-electron chi connectivity index (χ4n) is 4.01. The average molecular weight is 245 g/mol. The molecule has 3 nitrogen and oxygen atoms in total. The van der Waals surface area contributed by atoms with Crippen LogP contribution in [0.4, 0.5) is 0 Å². The predicted octanol–water partition coefficient (Wildman–Crippen LogP) is 2.28. The van der Waals surface area contributed by atoms with Gasteiger partial charge in [-0.1, -0.05) is 12.5 Å². The number of fused-ring (bicyclic) bond motifs is 2. The molecule has 0 spiro atoms. The lowest BCUT2D eigenvalue weighted by Gasteiger charge is -2.26. The molecule has 0 saturated heterocycles. The second kappa shape index (κ2) is 5.37. The smallest absolute Gasteiger partial charge is 0.0419 e. The highest BCUT2D eigenvalue weighted by molar-refractivity contribution is 5.05. The van der Waals surface area contributed by atoms with E-state index in [0.29, 0.717) is 6.04 Å². The number of pyridine rings is 1. The molecule has 3 rings (SSSR count). The Bertz CT molecular complexity index is 379. The molecule has 2 aliphatic rings. The van der Waals surface area contributed by atoms with Crippen LogP contribution in [0.5, 0.6) is 0 Å². The Hall–Kier alpha value is -0.930. The van der Waals surface area contributed by atoms with E-state index >= 15 is 0 Å². The lowest BCUT2D eigenvalue weighted by atomic mass is 9.83. The van der Waals surface area contributed by atoms with E-state index < -0.39 is 0 Å². The molecule has 2 bridgehead atoms. The first-order valence-corrected chi connectivity index (χ1v) is 7.21. The molecular weight excluding hydrogens is 222 g/mol. The number of nitrogens with one attached hydrogen (secondary N) is 1. The number of hydrogen-bond acceptors (Lipinski definition) is 3. The van der Waals surface area contributed by atoms with Crippen molar-refractivity contribution in [2.45, 2.75) is 44.6 Å². The zero-order valence-corrected chi connectivity index (χ0v) is 10.9. The third-order valence-electron chi connectivity index (χ3n) is 4.89. The van der Waals surface area contributed by atoms with Gasteiger partial charge in [-0.05, 0) is 55.6 Å². The zero-order chi connectivity index (χ0) is 12.4. The fourth-order valence-corrected chi connectivity index (χ4v) is 4.01. The van der Waals surface area contributed by atoms with Crippen molar-refractivity contribution in [3.8, 4) is 0 Å². The summed E-state index contributed by atoms with van der Waals surface area (Å²) in [7, 11) is 0. The Labute approximate surface area is 109 Å². The summed E-state index contributed by atoms with van der Waals surface area (Å²) in [6.07, 6.45) is 9.87. The molecule has 98 valence electrons. The summed E-state index contributed by atoms with van der Waals surface area (Å²) in [5, 5.41) is 0. The van der Waals surface area contributed by atoms with Crippen LogP contribution in [0, 0.1) is 17.8 Å². The van der Waals surface area contributed by atoms with Crippen molar-refractivity contribution in [1.29, 1.82) is 0 Å². The monoisotopic (exact) mass is 245 g/mol. The maximum absolute atomic E-state index is 5.72. The van der Waals surface area contributed by atoms with E-state index in [1.165, 1.54) is 32.1 Å². The van der Waals surface area contributed by atoms with Crippen LogP contribution in [-0.4, -0.2) is 11.0 Å². The lowest BCUT2D eigenvalue weighted by Crippen LogP contribution is -2.39.